The van der Waals surface area contributed by atoms with E-state index in [1.165, 1.54) is 43.9 Å². The summed E-state index contributed by atoms with van der Waals surface area (Å²) in [5, 5.41) is 9.34. The maximum absolute atomic E-state index is 12.2. The molecule has 1 aliphatic rings. The molecule has 2 atom stereocenters. The standard InChI is InChI=1S/C15H24N2O3S/c1-11-3-2-4-12(9-11)7-8-17-21(19,20)13-5-6-15(18)14(16)10-13/h5-6,10-12,17-18H,2-4,7-9,16H2,1H3. The van der Waals surface area contributed by atoms with E-state index >= 15 is 0 Å². The molecule has 1 saturated carbocycles. The van der Waals surface area contributed by atoms with Crippen LogP contribution in [-0.4, -0.2) is 20.1 Å². The molecule has 2 rings (SSSR count). The first-order chi connectivity index (χ1) is 9.88. The van der Waals surface area contributed by atoms with Crippen molar-refractivity contribution in [1.29, 1.82) is 0 Å². The summed E-state index contributed by atoms with van der Waals surface area (Å²) >= 11 is 0. The van der Waals surface area contributed by atoms with Crippen LogP contribution in [0, 0.1) is 11.8 Å². The number of sulfonamides is 1. The van der Waals surface area contributed by atoms with Crippen molar-refractivity contribution in [3.05, 3.63) is 18.2 Å². The zero-order valence-corrected chi connectivity index (χ0v) is 13.2. The van der Waals surface area contributed by atoms with Gasteiger partial charge >= 0.3 is 0 Å². The molecule has 0 aliphatic heterocycles. The van der Waals surface area contributed by atoms with Gasteiger partial charge in [-0.3, -0.25) is 0 Å². The molecule has 118 valence electrons. The minimum Gasteiger partial charge on any atom is -0.506 e. The third-order valence-corrected chi connectivity index (χ3v) is 5.66. The van der Waals surface area contributed by atoms with E-state index in [1.54, 1.807) is 0 Å². The van der Waals surface area contributed by atoms with Gasteiger partial charge in [-0.05, 0) is 42.9 Å². The molecule has 1 fully saturated rings. The highest BCUT2D eigenvalue weighted by atomic mass is 32.2. The number of hydrogen-bond donors (Lipinski definition) is 3. The summed E-state index contributed by atoms with van der Waals surface area (Å²) in [4.78, 5) is 0.0924. The summed E-state index contributed by atoms with van der Waals surface area (Å²) in [6.45, 7) is 2.70. The molecule has 5 nitrogen and oxygen atoms in total. The van der Waals surface area contributed by atoms with Crippen molar-refractivity contribution >= 4 is 15.7 Å². The third kappa shape index (κ3) is 4.35. The van der Waals surface area contributed by atoms with Gasteiger partial charge in [-0.2, -0.15) is 0 Å². The van der Waals surface area contributed by atoms with Gasteiger partial charge in [-0.1, -0.05) is 26.2 Å². The van der Waals surface area contributed by atoms with E-state index in [0.717, 1.165) is 12.3 Å². The third-order valence-electron chi connectivity index (χ3n) is 4.20. The van der Waals surface area contributed by atoms with Crippen LogP contribution in [0.25, 0.3) is 0 Å². The molecule has 6 heteroatoms. The fourth-order valence-electron chi connectivity index (χ4n) is 3.00. The van der Waals surface area contributed by atoms with Crippen LogP contribution in [0.4, 0.5) is 5.69 Å². The Labute approximate surface area is 126 Å². The van der Waals surface area contributed by atoms with Gasteiger partial charge in [0.2, 0.25) is 10.0 Å². The Bertz CT molecular complexity index is 587. The number of anilines is 1. The summed E-state index contributed by atoms with van der Waals surface area (Å²) in [6.07, 6.45) is 5.78. The normalized spacial score (nSPS) is 23.1. The molecule has 21 heavy (non-hydrogen) atoms. The molecule has 1 aromatic rings. The second kappa shape index (κ2) is 6.66. The van der Waals surface area contributed by atoms with E-state index in [-0.39, 0.29) is 16.3 Å². The zero-order valence-electron chi connectivity index (χ0n) is 12.4. The fraction of sp³-hybridized carbons (Fsp3) is 0.600. The van der Waals surface area contributed by atoms with Crippen LogP contribution in [0.5, 0.6) is 5.75 Å². The van der Waals surface area contributed by atoms with Gasteiger partial charge in [0, 0.05) is 6.54 Å². The minimum atomic E-state index is -3.55. The molecule has 0 spiro atoms. The van der Waals surface area contributed by atoms with Crippen molar-refractivity contribution in [2.75, 3.05) is 12.3 Å². The number of nitrogen functional groups attached to an aromatic ring is 1. The van der Waals surface area contributed by atoms with Crippen LogP contribution in [0.1, 0.15) is 39.0 Å². The summed E-state index contributed by atoms with van der Waals surface area (Å²) in [6, 6.07) is 3.93. The smallest absolute Gasteiger partial charge is 0.240 e. The quantitative estimate of drug-likeness (QED) is 0.575. The predicted molar refractivity (Wildman–Crippen MR) is 83.4 cm³/mol. The topological polar surface area (TPSA) is 92.4 Å². The lowest BCUT2D eigenvalue weighted by Crippen LogP contribution is -2.27. The number of aromatic hydroxyl groups is 1. The molecule has 2 unspecified atom stereocenters. The second-order valence-electron chi connectivity index (χ2n) is 6.04. The molecular weight excluding hydrogens is 288 g/mol. The van der Waals surface area contributed by atoms with Crippen molar-refractivity contribution in [3.63, 3.8) is 0 Å². The Kier molecular flexibility index (Phi) is 5.11. The second-order valence-corrected chi connectivity index (χ2v) is 7.81. The maximum atomic E-state index is 12.2. The van der Waals surface area contributed by atoms with E-state index in [2.05, 4.69) is 11.6 Å². The van der Waals surface area contributed by atoms with Gasteiger partial charge in [0.25, 0.3) is 0 Å². The Morgan fingerprint density at radius 3 is 2.81 bits per heavy atom. The van der Waals surface area contributed by atoms with Crippen LogP contribution < -0.4 is 10.5 Å². The predicted octanol–water partition coefficient (Wildman–Crippen LogP) is 2.47. The van der Waals surface area contributed by atoms with Crippen molar-refractivity contribution in [2.45, 2.75) is 43.9 Å². The Balaban J connectivity index is 1.90. The lowest BCUT2D eigenvalue weighted by molar-refractivity contribution is 0.271. The van der Waals surface area contributed by atoms with E-state index in [1.807, 2.05) is 0 Å². The van der Waals surface area contributed by atoms with Gasteiger partial charge in [0.15, 0.2) is 0 Å². The van der Waals surface area contributed by atoms with Crippen molar-refractivity contribution in [1.82, 2.24) is 4.72 Å². The summed E-state index contributed by atoms with van der Waals surface area (Å²) in [7, 11) is -3.55. The summed E-state index contributed by atoms with van der Waals surface area (Å²) in [5.74, 6) is 1.25. The first kappa shape index (κ1) is 16.1. The maximum Gasteiger partial charge on any atom is 0.240 e. The Morgan fingerprint density at radius 1 is 1.38 bits per heavy atom. The SMILES string of the molecule is CC1CCCC(CCNS(=O)(=O)c2ccc(O)c(N)c2)C1. The van der Waals surface area contributed by atoms with Gasteiger partial charge in [0.1, 0.15) is 5.75 Å². The van der Waals surface area contributed by atoms with Gasteiger partial charge in [-0.25, -0.2) is 13.1 Å². The minimum absolute atomic E-state index is 0.0685. The molecule has 0 aromatic heterocycles. The average molecular weight is 312 g/mol. The fourth-order valence-corrected chi connectivity index (χ4v) is 4.08. The van der Waals surface area contributed by atoms with Crippen molar-refractivity contribution in [3.8, 4) is 5.75 Å². The van der Waals surface area contributed by atoms with Crippen molar-refractivity contribution in [2.24, 2.45) is 11.8 Å². The van der Waals surface area contributed by atoms with Crippen LogP contribution in [-0.2, 0) is 10.0 Å². The van der Waals surface area contributed by atoms with E-state index in [0.29, 0.717) is 12.5 Å². The molecule has 0 bridgehead atoms. The lowest BCUT2D eigenvalue weighted by atomic mass is 9.81. The molecule has 0 heterocycles. The monoisotopic (exact) mass is 312 g/mol. The summed E-state index contributed by atoms with van der Waals surface area (Å²) < 4.78 is 26.9. The number of nitrogens with one attached hydrogen (secondary N) is 1. The molecule has 0 amide bonds. The molecule has 0 radical (unpaired) electrons. The van der Waals surface area contributed by atoms with Gasteiger partial charge in [0.05, 0.1) is 10.6 Å². The van der Waals surface area contributed by atoms with E-state index in [4.69, 9.17) is 5.73 Å². The number of hydrogen-bond acceptors (Lipinski definition) is 4. The lowest BCUT2D eigenvalue weighted by Gasteiger charge is -2.26. The highest BCUT2D eigenvalue weighted by Gasteiger charge is 2.20. The number of rotatable bonds is 5. The first-order valence-electron chi connectivity index (χ1n) is 7.46. The number of phenols is 1. The van der Waals surface area contributed by atoms with Crippen LogP contribution in [0.15, 0.2) is 23.1 Å². The molecular formula is C15H24N2O3S. The van der Waals surface area contributed by atoms with Crippen LogP contribution in [0.2, 0.25) is 0 Å². The van der Waals surface area contributed by atoms with E-state index in [9.17, 15) is 13.5 Å². The van der Waals surface area contributed by atoms with Gasteiger partial charge in [-0.15, -0.1) is 0 Å². The largest absolute Gasteiger partial charge is 0.506 e. The van der Waals surface area contributed by atoms with E-state index < -0.39 is 10.0 Å². The summed E-state index contributed by atoms with van der Waals surface area (Å²) in [5.41, 5.74) is 5.60. The molecule has 0 saturated heterocycles. The zero-order chi connectivity index (χ0) is 15.5. The highest BCUT2D eigenvalue weighted by Crippen LogP contribution is 2.30. The molecule has 1 aliphatic carbocycles. The highest BCUT2D eigenvalue weighted by molar-refractivity contribution is 7.89. The molecule has 4 N–H and O–H groups in total. The molecule has 1 aromatic carbocycles. The number of nitrogens with two attached hydrogens (primary N) is 1. The first-order valence-corrected chi connectivity index (χ1v) is 8.95. The Hall–Kier alpha value is -1.27. The number of phenolic OH excluding ortho intramolecular Hbond substituents is 1. The average Bonchev–Trinajstić information content (AvgIpc) is 2.41. The Morgan fingerprint density at radius 2 is 2.14 bits per heavy atom. The number of benzene rings is 1. The van der Waals surface area contributed by atoms with Crippen molar-refractivity contribution < 1.29 is 13.5 Å². The van der Waals surface area contributed by atoms with Crippen LogP contribution >= 0.6 is 0 Å². The van der Waals surface area contributed by atoms with Gasteiger partial charge < -0.3 is 10.8 Å². The van der Waals surface area contributed by atoms with Crippen LogP contribution in [0.3, 0.4) is 0 Å².